The third kappa shape index (κ3) is 3.83. The average Bonchev–Trinajstić information content (AvgIpc) is 2.35. The first-order chi connectivity index (χ1) is 9.61. The molecule has 0 amide bonds. The highest BCUT2D eigenvalue weighted by molar-refractivity contribution is 5.25. The molecular weight excluding hydrogens is 244 g/mol. The van der Waals surface area contributed by atoms with E-state index in [1.165, 1.54) is 30.5 Å². The van der Waals surface area contributed by atoms with Gasteiger partial charge in [0, 0.05) is 25.2 Å². The molecule has 1 aliphatic rings. The van der Waals surface area contributed by atoms with Gasteiger partial charge in [-0.25, -0.2) is 0 Å². The molecule has 0 saturated carbocycles. The van der Waals surface area contributed by atoms with Crippen molar-refractivity contribution in [3.63, 3.8) is 0 Å². The molecule has 0 bridgehead atoms. The van der Waals surface area contributed by atoms with Crippen molar-refractivity contribution >= 4 is 0 Å². The van der Waals surface area contributed by atoms with Crippen molar-refractivity contribution in [2.45, 2.75) is 52.6 Å². The van der Waals surface area contributed by atoms with Crippen LogP contribution in [0.15, 0.2) is 24.3 Å². The number of rotatable bonds is 7. The molecule has 1 aromatic carbocycles. The van der Waals surface area contributed by atoms with Gasteiger partial charge in [0.2, 0.25) is 0 Å². The Labute approximate surface area is 124 Å². The second-order valence-electron chi connectivity index (χ2n) is 6.57. The zero-order valence-corrected chi connectivity index (χ0v) is 13.5. The summed E-state index contributed by atoms with van der Waals surface area (Å²) < 4.78 is 0. The van der Waals surface area contributed by atoms with Gasteiger partial charge in [-0.15, -0.1) is 0 Å². The normalized spacial score (nSPS) is 17.5. The van der Waals surface area contributed by atoms with Crippen LogP contribution in [0.25, 0.3) is 0 Å². The topological polar surface area (TPSA) is 15.3 Å². The summed E-state index contributed by atoms with van der Waals surface area (Å²) in [7, 11) is 0. The fourth-order valence-corrected chi connectivity index (χ4v) is 3.05. The predicted molar refractivity (Wildman–Crippen MR) is 87.1 cm³/mol. The Kier molecular flexibility index (Phi) is 5.62. The zero-order chi connectivity index (χ0) is 14.5. The van der Waals surface area contributed by atoms with Crippen molar-refractivity contribution in [2.75, 3.05) is 19.6 Å². The van der Waals surface area contributed by atoms with Crippen LogP contribution in [0.1, 0.15) is 51.3 Å². The van der Waals surface area contributed by atoms with Crippen molar-refractivity contribution in [3.05, 3.63) is 35.4 Å². The number of nitrogens with one attached hydrogen (secondary N) is 1. The highest BCUT2D eigenvalue weighted by Crippen LogP contribution is 2.25. The third-order valence-electron chi connectivity index (χ3n) is 4.31. The Morgan fingerprint density at radius 2 is 1.80 bits per heavy atom. The van der Waals surface area contributed by atoms with Gasteiger partial charge in [-0.3, -0.25) is 4.90 Å². The summed E-state index contributed by atoms with van der Waals surface area (Å²) in [5.74, 6) is 0.732. The predicted octanol–water partition coefficient (Wildman–Crippen LogP) is 3.63. The van der Waals surface area contributed by atoms with E-state index in [1.54, 1.807) is 0 Å². The van der Waals surface area contributed by atoms with Crippen molar-refractivity contribution < 1.29 is 0 Å². The van der Waals surface area contributed by atoms with Gasteiger partial charge in [0.05, 0.1) is 0 Å². The average molecular weight is 274 g/mol. The molecule has 1 unspecified atom stereocenters. The molecule has 1 atom stereocenters. The highest BCUT2D eigenvalue weighted by Gasteiger charge is 2.28. The Bertz CT molecular complexity index is 392. The standard InChI is InChI=1S/C18H30N2/c1-5-10-20(18-12-19-13-18)15(4)17-8-6-16(7-9-17)11-14(2)3/h6-9,14-15,18-19H,5,10-13H2,1-4H3. The van der Waals surface area contributed by atoms with Crippen LogP contribution in [0.5, 0.6) is 0 Å². The first kappa shape index (κ1) is 15.5. The summed E-state index contributed by atoms with van der Waals surface area (Å²) in [5, 5.41) is 3.40. The van der Waals surface area contributed by atoms with Crippen molar-refractivity contribution in [1.29, 1.82) is 0 Å². The summed E-state index contributed by atoms with van der Waals surface area (Å²) in [6, 6.07) is 10.5. The Morgan fingerprint density at radius 3 is 2.25 bits per heavy atom. The van der Waals surface area contributed by atoms with E-state index in [9.17, 15) is 0 Å². The Morgan fingerprint density at radius 1 is 1.15 bits per heavy atom. The Hall–Kier alpha value is -0.860. The van der Waals surface area contributed by atoms with E-state index in [4.69, 9.17) is 0 Å². The van der Waals surface area contributed by atoms with Gasteiger partial charge in [0.1, 0.15) is 0 Å². The van der Waals surface area contributed by atoms with Crippen LogP contribution in [0.2, 0.25) is 0 Å². The van der Waals surface area contributed by atoms with Gasteiger partial charge in [-0.05, 0) is 43.4 Å². The maximum atomic E-state index is 3.40. The van der Waals surface area contributed by atoms with E-state index in [0.717, 1.165) is 25.0 Å². The molecule has 0 radical (unpaired) electrons. The maximum Gasteiger partial charge on any atom is 0.0351 e. The molecule has 0 spiro atoms. The van der Waals surface area contributed by atoms with Crippen molar-refractivity contribution in [1.82, 2.24) is 10.2 Å². The molecule has 1 saturated heterocycles. The summed E-state index contributed by atoms with van der Waals surface area (Å²) in [5.41, 5.74) is 2.92. The van der Waals surface area contributed by atoms with Crippen LogP contribution < -0.4 is 5.32 Å². The lowest BCUT2D eigenvalue weighted by molar-refractivity contribution is 0.103. The summed E-state index contributed by atoms with van der Waals surface area (Å²) in [6.07, 6.45) is 2.41. The molecule has 0 aromatic heterocycles. The quantitative estimate of drug-likeness (QED) is 0.817. The van der Waals surface area contributed by atoms with Gasteiger partial charge in [0.15, 0.2) is 0 Å². The molecule has 2 heteroatoms. The molecule has 112 valence electrons. The summed E-state index contributed by atoms with van der Waals surface area (Å²) >= 11 is 0. The van der Waals surface area contributed by atoms with E-state index in [2.05, 4.69) is 62.2 Å². The molecule has 1 aliphatic heterocycles. The first-order valence-electron chi connectivity index (χ1n) is 8.17. The molecule has 1 N–H and O–H groups in total. The van der Waals surface area contributed by atoms with Crippen LogP contribution in [-0.2, 0) is 6.42 Å². The summed E-state index contributed by atoms with van der Waals surface area (Å²) in [4.78, 5) is 2.66. The van der Waals surface area contributed by atoms with E-state index in [-0.39, 0.29) is 0 Å². The van der Waals surface area contributed by atoms with Crippen LogP contribution in [-0.4, -0.2) is 30.6 Å². The lowest BCUT2D eigenvalue weighted by atomic mass is 9.98. The summed E-state index contributed by atoms with van der Waals surface area (Å²) in [6.45, 7) is 12.7. The van der Waals surface area contributed by atoms with Crippen molar-refractivity contribution in [3.8, 4) is 0 Å². The minimum atomic E-state index is 0.523. The molecule has 2 nitrogen and oxygen atoms in total. The largest absolute Gasteiger partial charge is 0.314 e. The van der Waals surface area contributed by atoms with Crippen molar-refractivity contribution in [2.24, 2.45) is 5.92 Å². The van der Waals surface area contributed by atoms with E-state index in [1.807, 2.05) is 0 Å². The number of benzene rings is 1. The zero-order valence-electron chi connectivity index (χ0n) is 13.5. The fourth-order valence-electron chi connectivity index (χ4n) is 3.05. The fraction of sp³-hybridized carbons (Fsp3) is 0.667. The van der Waals surface area contributed by atoms with E-state index < -0.39 is 0 Å². The Balaban J connectivity index is 2.04. The smallest absolute Gasteiger partial charge is 0.0351 e. The molecule has 20 heavy (non-hydrogen) atoms. The first-order valence-corrected chi connectivity index (χ1v) is 8.17. The monoisotopic (exact) mass is 274 g/mol. The molecule has 1 aromatic rings. The lowest BCUT2D eigenvalue weighted by Gasteiger charge is -2.42. The second kappa shape index (κ2) is 7.24. The van der Waals surface area contributed by atoms with Gasteiger partial charge >= 0.3 is 0 Å². The lowest BCUT2D eigenvalue weighted by Crippen LogP contribution is -2.57. The van der Waals surface area contributed by atoms with E-state index >= 15 is 0 Å². The van der Waals surface area contributed by atoms with Crippen LogP contribution in [0.4, 0.5) is 0 Å². The molecule has 0 aliphatic carbocycles. The number of hydrogen-bond acceptors (Lipinski definition) is 2. The number of hydrogen-bond donors (Lipinski definition) is 1. The molecular formula is C18H30N2. The highest BCUT2D eigenvalue weighted by atomic mass is 15.2. The van der Waals surface area contributed by atoms with Crippen LogP contribution in [0.3, 0.4) is 0 Å². The van der Waals surface area contributed by atoms with Crippen LogP contribution in [0, 0.1) is 5.92 Å². The second-order valence-corrected chi connectivity index (χ2v) is 6.57. The SMILES string of the molecule is CCCN(C1CNC1)C(C)c1ccc(CC(C)C)cc1. The van der Waals surface area contributed by atoms with E-state index in [0.29, 0.717) is 6.04 Å². The minimum Gasteiger partial charge on any atom is -0.314 e. The maximum absolute atomic E-state index is 3.40. The third-order valence-corrected chi connectivity index (χ3v) is 4.31. The molecule has 1 fully saturated rings. The van der Waals surface area contributed by atoms with Crippen LogP contribution >= 0.6 is 0 Å². The molecule has 1 heterocycles. The minimum absolute atomic E-state index is 0.523. The van der Waals surface area contributed by atoms with Gasteiger partial charge in [0.25, 0.3) is 0 Å². The number of nitrogens with zero attached hydrogens (tertiary/aromatic N) is 1. The van der Waals surface area contributed by atoms with Gasteiger partial charge in [-0.1, -0.05) is 45.0 Å². The molecule has 2 rings (SSSR count). The van der Waals surface area contributed by atoms with Gasteiger partial charge < -0.3 is 5.32 Å². The van der Waals surface area contributed by atoms with Gasteiger partial charge in [-0.2, -0.15) is 0 Å².